The SMILES string of the molecule is CCN1CCCC(N=C2NN=C(c3ccc(C)cc3SC)/C(=C/C(C)=N)[NH2+]2)C1. The van der Waals surface area contributed by atoms with Gasteiger partial charge in [0.2, 0.25) is 0 Å². The molecule has 0 aromatic heterocycles. The molecule has 0 aliphatic carbocycles. The van der Waals surface area contributed by atoms with Crippen LogP contribution in [0.25, 0.3) is 0 Å². The molecule has 0 radical (unpaired) electrons. The van der Waals surface area contributed by atoms with Crippen LogP contribution in [0.3, 0.4) is 0 Å². The molecule has 2 aliphatic heterocycles. The maximum absolute atomic E-state index is 7.96. The Labute approximate surface area is 172 Å². The molecule has 4 N–H and O–H groups in total. The molecule has 6 nitrogen and oxygen atoms in total. The van der Waals surface area contributed by atoms with Gasteiger partial charge in [0.25, 0.3) is 0 Å². The van der Waals surface area contributed by atoms with Gasteiger partial charge in [0.1, 0.15) is 0 Å². The van der Waals surface area contributed by atoms with Gasteiger partial charge in [0, 0.05) is 28.8 Å². The predicted molar refractivity (Wildman–Crippen MR) is 119 cm³/mol. The second-order valence-corrected chi connectivity index (χ2v) is 8.25. The fourth-order valence-electron chi connectivity index (χ4n) is 3.67. The maximum Gasteiger partial charge on any atom is 0.320 e. The van der Waals surface area contributed by atoms with Gasteiger partial charge in [-0.25, -0.2) is 15.7 Å². The lowest BCUT2D eigenvalue weighted by molar-refractivity contribution is -0.481. The maximum atomic E-state index is 7.96. The molecular formula is C21H31N6S+. The highest BCUT2D eigenvalue weighted by atomic mass is 32.2. The van der Waals surface area contributed by atoms with Crippen LogP contribution in [0.15, 0.2) is 45.0 Å². The summed E-state index contributed by atoms with van der Waals surface area (Å²) in [6, 6.07) is 6.71. The molecular weight excluding hydrogens is 368 g/mol. The lowest BCUT2D eigenvalue weighted by Crippen LogP contribution is -2.92. The molecule has 2 aliphatic rings. The predicted octanol–water partition coefficient (Wildman–Crippen LogP) is 2.35. The number of piperidine rings is 1. The van der Waals surface area contributed by atoms with Crippen LogP contribution in [0.5, 0.6) is 0 Å². The van der Waals surface area contributed by atoms with Gasteiger partial charge in [-0.05, 0) is 57.7 Å². The van der Waals surface area contributed by atoms with Crippen LogP contribution in [0.2, 0.25) is 0 Å². The fraction of sp³-hybridized carbons (Fsp3) is 0.476. The van der Waals surface area contributed by atoms with Crippen molar-refractivity contribution >= 4 is 29.1 Å². The molecule has 7 heteroatoms. The first-order valence-electron chi connectivity index (χ1n) is 9.91. The van der Waals surface area contributed by atoms with Crippen molar-refractivity contribution in [1.82, 2.24) is 10.3 Å². The number of likely N-dealkylation sites (N-methyl/N-ethyl adjacent to an activating group) is 1. The van der Waals surface area contributed by atoms with Crippen LogP contribution in [0.4, 0.5) is 0 Å². The van der Waals surface area contributed by atoms with E-state index in [9.17, 15) is 0 Å². The minimum absolute atomic E-state index is 0.299. The van der Waals surface area contributed by atoms with Crippen LogP contribution in [-0.4, -0.2) is 54.2 Å². The molecule has 1 saturated heterocycles. The number of hydrogen-bond acceptors (Lipinski definition) is 5. The largest absolute Gasteiger partial charge is 0.320 e. The number of likely N-dealkylation sites (tertiary alicyclic amines) is 1. The highest BCUT2D eigenvalue weighted by Crippen LogP contribution is 2.24. The Hall–Kier alpha value is -1.96. The Kier molecular flexibility index (Phi) is 7.04. The summed E-state index contributed by atoms with van der Waals surface area (Å²) in [6.45, 7) is 9.34. The number of guanidine groups is 1. The van der Waals surface area contributed by atoms with Crippen molar-refractivity contribution in [1.29, 1.82) is 5.41 Å². The average Bonchev–Trinajstić information content (AvgIpc) is 2.68. The van der Waals surface area contributed by atoms with Crippen LogP contribution in [-0.2, 0) is 0 Å². The summed E-state index contributed by atoms with van der Waals surface area (Å²) in [7, 11) is 0. The summed E-state index contributed by atoms with van der Waals surface area (Å²) < 4.78 is 0. The van der Waals surface area contributed by atoms with Crippen LogP contribution >= 0.6 is 11.8 Å². The molecule has 28 heavy (non-hydrogen) atoms. The van der Waals surface area contributed by atoms with E-state index in [1.807, 2.05) is 11.4 Å². The molecule has 1 atom stereocenters. The molecule has 3 rings (SSSR count). The standard InChI is InChI=1S/C21H30N6S/c1-5-27-10-6-7-16(13-27)23-21-24-18(12-15(3)22)20(25-26-21)17-9-8-14(2)11-19(17)28-4/h8-9,11-12,16,22H,5-7,10,13H2,1-4H3,(H2,23,24,26)/p+1/b18-12-,22-15?. The lowest BCUT2D eigenvalue weighted by Gasteiger charge is -2.29. The number of quaternary nitrogens is 1. The van der Waals surface area contributed by atoms with E-state index in [2.05, 4.69) is 53.7 Å². The summed E-state index contributed by atoms with van der Waals surface area (Å²) in [4.78, 5) is 8.56. The first-order valence-corrected chi connectivity index (χ1v) is 11.1. The Balaban J connectivity index is 1.90. The first kappa shape index (κ1) is 20.8. The van der Waals surface area contributed by atoms with Gasteiger partial charge in [-0.2, -0.15) is 5.10 Å². The number of nitrogens with two attached hydrogens (primary N) is 1. The molecule has 0 saturated carbocycles. The Morgan fingerprint density at radius 3 is 3.04 bits per heavy atom. The number of thioether (sulfide) groups is 1. The number of rotatable bonds is 5. The normalized spacial score (nSPS) is 23.6. The van der Waals surface area contributed by atoms with E-state index < -0.39 is 0 Å². The molecule has 1 unspecified atom stereocenters. The highest BCUT2D eigenvalue weighted by Gasteiger charge is 2.26. The van der Waals surface area contributed by atoms with Crippen LogP contribution in [0, 0.1) is 12.3 Å². The molecule has 2 heterocycles. The zero-order valence-electron chi connectivity index (χ0n) is 17.2. The van der Waals surface area contributed by atoms with E-state index in [1.54, 1.807) is 18.7 Å². The number of nitrogens with one attached hydrogen (secondary N) is 2. The van der Waals surface area contributed by atoms with E-state index in [1.165, 1.54) is 23.4 Å². The monoisotopic (exact) mass is 399 g/mol. The lowest BCUT2D eigenvalue weighted by atomic mass is 10.0. The van der Waals surface area contributed by atoms with Gasteiger partial charge in [-0.3, -0.25) is 0 Å². The van der Waals surface area contributed by atoms with Crippen molar-refractivity contribution in [3.8, 4) is 0 Å². The number of nitrogens with zero attached hydrogens (tertiary/aromatic N) is 3. The molecule has 1 fully saturated rings. The van der Waals surface area contributed by atoms with Crippen molar-refractivity contribution in [2.45, 2.75) is 44.6 Å². The van der Waals surface area contributed by atoms with Crippen molar-refractivity contribution in [3.63, 3.8) is 0 Å². The first-order chi connectivity index (χ1) is 13.5. The van der Waals surface area contributed by atoms with E-state index in [-0.39, 0.29) is 0 Å². The third-order valence-corrected chi connectivity index (χ3v) is 5.86. The topological polar surface area (TPSA) is 80.4 Å². The molecule has 150 valence electrons. The number of benzene rings is 1. The zero-order chi connectivity index (χ0) is 20.1. The van der Waals surface area contributed by atoms with Gasteiger partial charge < -0.3 is 10.3 Å². The number of aryl methyl sites for hydroxylation is 1. The quantitative estimate of drug-likeness (QED) is 0.525. The van der Waals surface area contributed by atoms with Crippen molar-refractivity contribution < 1.29 is 5.32 Å². The van der Waals surface area contributed by atoms with E-state index >= 15 is 0 Å². The summed E-state index contributed by atoms with van der Waals surface area (Å²) in [5.41, 5.74) is 7.79. The van der Waals surface area contributed by atoms with Gasteiger partial charge in [0.05, 0.1) is 6.04 Å². The van der Waals surface area contributed by atoms with Crippen LogP contribution < -0.4 is 10.7 Å². The summed E-state index contributed by atoms with van der Waals surface area (Å²) in [6.07, 6.45) is 6.26. The van der Waals surface area contributed by atoms with Gasteiger partial charge in [0.15, 0.2) is 11.4 Å². The number of aliphatic imine (C=N–C) groups is 1. The fourth-order valence-corrected chi connectivity index (χ4v) is 4.35. The molecule has 1 aromatic rings. The minimum Gasteiger partial charge on any atom is -0.305 e. The highest BCUT2D eigenvalue weighted by molar-refractivity contribution is 7.98. The number of allylic oxidation sites excluding steroid dienone is 2. The van der Waals surface area contributed by atoms with E-state index in [0.717, 1.165) is 42.4 Å². The Bertz CT molecular complexity index is 826. The second-order valence-electron chi connectivity index (χ2n) is 7.41. The Morgan fingerprint density at radius 2 is 2.32 bits per heavy atom. The second kappa shape index (κ2) is 9.49. The van der Waals surface area contributed by atoms with Gasteiger partial charge >= 0.3 is 5.96 Å². The average molecular weight is 400 g/mol. The molecule has 0 amide bonds. The summed E-state index contributed by atoms with van der Waals surface area (Å²) in [5.74, 6) is 0.789. The molecule has 1 aromatic carbocycles. The number of hydrogen-bond donors (Lipinski definition) is 3. The molecule has 0 spiro atoms. The van der Waals surface area contributed by atoms with Crippen molar-refractivity contribution in [2.75, 3.05) is 25.9 Å². The summed E-state index contributed by atoms with van der Waals surface area (Å²) in [5, 5.41) is 14.7. The number of hydrazone groups is 1. The van der Waals surface area contributed by atoms with Crippen molar-refractivity contribution in [3.05, 3.63) is 41.1 Å². The third-order valence-electron chi connectivity index (χ3n) is 5.08. The van der Waals surface area contributed by atoms with Gasteiger partial charge in [-0.1, -0.05) is 19.1 Å². The van der Waals surface area contributed by atoms with E-state index in [0.29, 0.717) is 11.8 Å². The third kappa shape index (κ3) is 5.10. The summed E-state index contributed by atoms with van der Waals surface area (Å²) >= 11 is 1.72. The van der Waals surface area contributed by atoms with E-state index in [4.69, 9.17) is 10.4 Å². The zero-order valence-corrected chi connectivity index (χ0v) is 18.1. The Morgan fingerprint density at radius 1 is 1.50 bits per heavy atom. The van der Waals surface area contributed by atoms with Crippen LogP contribution in [0.1, 0.15) is 37.8 Å². The minimum atomic E-state index is 0.299. The molecule has 0 bridgehead atoms. The van der Waals surface area contributed by atoms with Gasteiger partial charge in [-0.15, -0.1) is 11.8 Å². The van der Waals surface area contributed by atoms with Crippen molar-refractivity contribution in [2.24, 2.45) is 10.1 Å². The smallest absolute Gasteiger partial charge is 0.305 e.